The van der Waals surface area contributed by atoms with Gasteiger partial charge in [0, 0.05) is 24.3 Å². The van der Waals surface area contributed by atoms with Crippen LogP contribution in [-0.4, -0.2) is 38.2 Å². The fourth-order valence-corrected chi connectivity index (χ4v) is 5.56. The molecule has 2 amide bonds. The molecule has 1 saturated heterocycles. The topological polar surface area (TPSA) is 95.6 Å². The molecule has 2 N–H and O–H groups in total. The lowest BCUT2D eigenvalue weighted by Gasteiger charge is -2.35. The van der Waals surface area contributed by atoms with Gasteiger partial charge in [0.25, 0.3) is 21.8 Å². The zero-order valence-electron chi connectivity index (χ0n) is 19.8. The fraction of sp³-hybridized carbons (Fsp3) is 0.259. The average Bonchev–Trinajstić information content (AvgIpc) is 2.84. The Balaban J connectivity index is 1.46. The molecule has 7 nitrogen and oxygen atoms in total. The van der Waals surface area contributed by atoms with Gasteiger partial charge in [0.15, 0.2) is 0 Å². The third kappa shape index (κ3) is 5.89. The van der Waals surface area contributed by atoms with E-state index >= 15 is 0 Å². The van der Waals surface area contributed by atoms with E-state index in [0.29, 0.717) is 47.4 Å². The monoisotopic (exact) mass is 491 g/mol. The lowest BCUT2D eigenvalue weighted by Crippen LogP contribution is -2.42. The molecule has 1 aliphatic heterocycles. The van der Waals surface area contributed by atoms with E-state index in [1.807, 2.05) is 4.90 Å². The van der Waals surface area contributed by atoms with Gasteiger partial charge in [-0.2, -0.15) is 0 Å². The number of sulfonamides is 1. The summed E-state index contributed by atoms with van der Waals surface area (Å²) in [4.78, 5) is 28.2. The van der Waals surface area contributed by atoms with Gasteiger partial charge < -0.3 is 10.2 Å². The maximum Gasteiger partial charge on any atom is 0.261 e. The number of benzene rings is 3. The number of rotatable bonds is 6. The summed E-state index contributed by atoms with van der Waals surface area (Å²) in [6.45, 7) is 5.69. The summed E-state index contributed by atoms with van der Waals surface area (Å²) >= 11 is 0. The molecule has 2 atom stereocenters. The van der Waals surface area contributed by atoms with Crippen LogP contribution in [-0.2, 0) is 10.0 Å². The summed E-state index contributed by atoms with van der Waals surface area (Å²) in [5.74, 6) is 0.387. The van der Waals surface area contributed by atoms with E-state index in [1.54, 1.807) is 42.5 Å². The summed E-state index contributed by atoms with van der Waals surface area (Å²) in [5, 5.41) is 2.84. The number of piperidine rings is 1. The highest BCUT2D eigenvalue weighted by Gasteiger charge is 2.27. The van der Waals surface area contributed by atoms with Gasteiger partial charge in [-0.15, -0.1) is 0 Å². The Morgan fingerprint density at radius 2 is 1.43 bits per heavy atom. The van der Waals surface area contributed by atoms with Crippen molar-refractivity contribution in [2.24, 2.45) is 11.8 Å². The van der Waals surface area contributed by atoms with Crippen LogP contribution in [0, 0.1) is 11.8 Å². The number of nitrogens with zero attached hydrogens (tertiary/aromatic N) is 1. The zero-order valence-corrected chi connectivity index (χ0v) is 20.6. The van der Waals surface area contributed by atoms with E-state index in [4.69, 9.17) is 0 Å². The van der Waals surface area contributed by atoms with Gasteiger partial charge in [0.2, 0.25) is 0 Å². The molecule has 1 heterocycles. The van der Waals surface area contributed by atoms with Crippen LogP contribution in [0.25, 0.3) is 0 Å². The number of amides is 2. The molecule has 0 saturated carbocycles. The molecule has 8 heteroatoms. The van der Waals surface area contributed by atoms with Crippen LogP contribution in [0.3, 0.4) is 0 Å². The molecular weight excluding hydrogens is 462 g/mol. The van der Waals surface area contributed by atoms with Crippen LogP contribution in [0.1, 0.15) is 41.0 Å². The highest BCUT2D eigenvalue weighted by Crippen LogP contribution is 2.25. The molecule has 0 aromatic heterocycles. The maximum absolute atomic E-state index is 13.2. The average molecular weight is 492 g/mol. The summed E-state index contributed by atoms with van der Waals surface area (Å²) < 4.78 is 27.5. The quantitative estimate of drug-likeness (QED) is 0.515. The summed E-state index contributed by atoms with van der Waals surface area (Å²) in [7, 11) is -3.72. The number of para-hydroxylation sites is 1. The predicted octanol–water partition coefficient (Wildman–Crippen LogP) is 4.86. The van der Waals surface area contributed by atoms with Crippen molar-refractivity contribution < 1.29 is 18.0 Å². The minimum atomic E-state index is -3.72. The van der Waals surface area contributed by atoms with Crippen molar-refractivity contribution in [2.75, 3.05) is 23.1 Å². The summed E-state index contributed by atoms with van der Waals surface area (Å²) in [5.41, 5.74) is 1.58. The van der Waals surface area contributed by atoms with Crippen molar-refractivity contribution in [1.29, 1.82) is 0 Å². The molecule has 182 valence electrons. The van der Waals surface area contributed by atoms with Gasteiger partial charge in [-0.3, -0.25) is 14.3 Å². The van der Waals surface area contributed by atoms with Crippen LogP contribution in [0.2, 0.25) is 0 Å². The van der Waals surface area contributed by atoms with Gasteiger partial charge >= 0.3 is 0 Å². The van der Waals surface area contributed by atoms with Gasteiger partial charge in [-0.25, -0.2) is 8.42 Å². The Morgan fingerprint density at radius 3 is 2.09 bits per heavy atom. The number of carbonyl (C=O) groups excluding carboxylic acids is 2. The molecule has 3 aromatic carbocycles. The molecule has 3 aromatic rings. The Hall–Kier alpha value is -3.65. The van der Waals surface area contributed by atoms with E-state index in [1.165, 1.54) is 36.4 Å². The van der Waals surface area contributed by atoms with E-state index in [2.05, 4.69) is 23.9 Å². The van der Waals surface area contributed by atoms with Crippen LogP contribution < -0.4 is 10.0 Å². The molecule has 4 rings (SSSR count). The first kappa shape index (κ1) is 24.5. The largest absolute Gasteiger partial charge is 0.338 e. The zero-order chi connectivity index (χ0) is 25.0. The Bertz CT molecular complexity index is 1300. The standard InChI is InChI=1S/C27H29N3O4S/c1-19-16-20(2)18-30(17-19)27(32)24-10-6-7-11-25(24)28-26(31)21-12-14-22(15-13-21)29-35(33,34)23-8-4-3-5-9-23/h3-15,19-20,29H,16-18H2,1-2H3,(H,28,31). The normalized spacial score (nSPS) is 18.1. The van der Waals surface area contributed by atoms with Crippen LogP contribution >= 0.6 is 0 Å². The minimum absolute atomic E-state index is 0.0926. The van der Waals surface area contributed by atoms with Gasteiger partial charge in [-0.1, -0.05) is 44.2 Å². The van der Waals surface area contributed by atoms with E-state index < -0.39 is 10.0 Å². The SMILES string of the molecule is CC1CC(C)CN(C(=O)c2ccccc2NC(=O)c2ccc(NS(=O)(=O)c3ccccc3)cc2)C1. The minimum Gasteiger partial charge on any atom is -0.338 e. The second-order valence-electron chi connectivity index (χ2n) is 9.15. The molecule has 0 radical (unpaired) electrons. The van der Waals surface area contributed by atoms with Crippen molar-refractivity contribution in [3.05, 3.63) is 90.0 Å². The highest BCUT2D eigenvalue weighted by atomic mass is 32.2. The lowest BCUT2D eigenvalue weighted by molar-refractivity contribution is 0.0624. The van der Waals surface area contributed by atoms with Crippen molar-refractivity contribution >= 4 is 33.2 Å². The number of anilines is 2. The number of hydrogen-bond donors (Lipinski definition) is 2. The summed E-state index contributed by atoms with van der Waals surface area (Å²) in [6.07, 6.45) is 1.10. The van der Waals surface area contributed by atoms with Crippen LogP contribution in [0.4, 0.5) is 11.4 Å². The second kappa shape index (κ2) is 10.3. The third-order valence-electron chi connectivity index (χ3n) is 6.01. The molecular formula is C27H29N3O4S. The maximum atomic E-state index is 13.2. The van der Waals surface area contributed by atoms with Crippen molar-refractivity contribution in [2.45, 2.75) is 25.2 Å². The molecule has 1 fully saturated rings. The second-order valence-corrected chi connectivity index (χ2v) is 10.8. The third-order valence-corrected chi connectivity index (χ3v) is 7.41. The number of likely N-dealkylation sites (tertiary alicyclic amines) is 1. The molecule has 1 aliphatic rings. The number of carbonyl (C=O) groups is 2. The number of nitrogens with one attached hydrogen (secondary N) is 2. The first-order valence-corrected chi connectivity index (χ1v) is 13.1. The van der Waals surface area contributed by atoms with Gasteiger partial charge in [0.1, 0.15) is 0 Å². The molecule has 0 aliphatic carbocycles. The van der Waals surface area contributed by atoms with Crippen LogP contribution in [0.5, 0.6) is 0 Å². The lowest BCUT2D eigenvalue weighted by atomic mass is 9.91. The fourth-order valence-electron chi connectivity index (χ4n) is 4.48. The molecule has 2 unspecified atom stereocenters. The Morgan fingerprint density at radius 1 is 0.829 bits per heavy atom. The van der Waals surface area contributed by atoms with Crippen molar-refractivity contribution in [1.82, 2.24) is 4.90 Å². The van der Waals surface area contributed by atoms with Gasteiger partial charge in [-0.05, 0) is 66.8 Å². The Kier molecular flexibility index (Phi) is 7.21. The van der Waals surface area contributed by atoms with Crippen LogP contribution in [0.15, 0.2) is 83.8 Å². The Labute approximate surface area is 206 Å². The van der Waals surface area contributed by atoms with Crippen molar-refractivity contribution in [3.63, 3.8) is 0 Å². The highest BCUT2D eigenvalue weighted by molar-refractivity contribution is 7.92. The smallest absolute Gasteiger partial charge is 0.261 e. The van der Waals surface area contributed by atoms with Crippen molar-refractivity contribution in [3.8, 4) is 0 Å². The number of hydrogen-bond acceptors (Lipinski definition) is 4. The van der Waals surface area contributed by atoms with E-state index in [9.17, 15) is 18.0 Å². The summed E-state index contributed by atoms with van der Waals surface area (Å²) in [6, 6.07) is 21.2. The molecule has 35 heavy (non-hydrogen) atoms. The first-order chi connectivity index (χ1) is 16.7. The first-order valence-electron chi connectivity index (χ1n) is 11.6. The van der Waals surface area contributed by atoms with E-state index in [-0.39, 0.29) is 16.7 Å². The van der Waals surface area contributed by atoms with E-state index in [0.717, 1.165) is 6.42 Å². The molecule has 0 bridgehead atoms. The molecule has 0 spiro atoms. The van der Waals surface area contributed by atoms with Gasteiger partial charge in [0.05, 0.1) is 16.1 Å². The predicted molar refractivity (Wildman–Crippen MR) is 137 cm³/mol.